The standard InChI is InChI=1S/C25H24N4O2/c26-18-19-7-11-22(12-8-19)31-23-13-9-20(10-14-23)24-6-3-5-21(28-24)4-1-2-16-29-17-15-27-25(29)30/h3,5-14H,1-2,4,15-17H2,(H,27,30). The molecule has 1 saturated heterocycles. The molecule has 0 spiro atoms. The molecule has 2 heterocycles. The van der Waals surface area contributed by atoms with Crippen molar-refractivity contribution in [1.82, 2.24) is 15.2 Å². The predicted molar refractivity (Wildman–Crippen MR) is 119 cm³/mol. The van der Waals surface area contributed by atoms with E-state index in [1.165, 1.54) is 0 Å². The van der Waals surface area contributed by atoms with E-state index in [-0.39, 0.29) is 6.03 Å². The Balaban J connectivity index is 1.32. The Labute approximate surface area is 182 Å². The molecule has 6 nitrogen and oxygen atoms in total. The van der Waals surface area contributed by atoms with Crippen molar-refractivity contribution in [3.05, 3.63) is 78.0 Å². The lowest BCUT2D eigenvalue weighted by Gasteiger charge is -2.13. The number of nitriles is 1. The first-order valence-electron chi connectivity index (χ1n) is 10.5. The summed E-state index contributed by atoms with van der Waals surface area (Å²) in [6.45, 7) is 2.35. The molecular weight excluding hydrogens is 388 g/mol. The molecule has 0 bridgehead atoms. The van der Waals surface area contributed by atoms with Gasteiger partial charge in [-0.15, -0.1) is 0 Å². The largest absolute Gasteiger partial charge is 0.457 e. The number of unbranched alkanes of at least 4 members (excludes halogenated alkanes) is 1. The second-order valence-electron chi connectivity index (χ2n) is 7.45. The normalized spacial score (nSPS) is 13.0. The van der Waals surface area contributed by atoms with Crippen LogP contribution in [0.1, 0.15) is 24.1 Å². The highest BCUT2D eigenvalue weighted by Crippen LogP contribution is 2.25. The number of aromatic nitrogens is 1. The van der Waals surface area contributed by atoms with Gasteiger partial charge in [0.15, 0.2) is 0 Å². The Bertz CT molecular complexity index is 1070. The van der Waals surface area contributed by atoms with Gasteiger partial charge < -0.3 is 15.0 Å². The van der Waals surface area contributed by atoms with Crippen LogP contribution >= 0.6 is 0 Å². The second-order valence-corrected chi connectivity index (χ2v) is 7.45. The van der Waals surface area contributed by atoms with E-state index in [1.807, 2.05) is 41.3 Å². The van der Waals surface area contributed by atoms with Crippen LogP contribution in [-0.2, 0) is 6.42 Å². The zero-order valence-corrected chi connectivity index (χ0v) is 17.3. The van der Waals surface area contributed by atoms with Crippen LogP contribution in [0.3, 0.4) is 0 Å². The number of hydrogen-bond acceptors (Lipinski definition) is 4. The third kappa shape index (κ3) is 5.40. The Morgan fingerprint density at radius 2 is 1.74 bits per heavy atom. The molecule has 1 aromatic heterocycles. The summed E-state index contributed by atoms with van der Waals surface area (Å²) in [5, 5.41) is 11.7. The highest BCUT2D eigenvalue weighted by Gasteiger charge is 2.18. The van der Waals surface area contributed by atoms with Crippen molar-refractivity contribution in [2.75, 3.05) is 19.6 Å². The molecule has 1 fully saturated rings. The van der Waals surface area contributed by atoms with Gasteiger partial charge in [-0.25, -0.2) is 4.79 Å². The molecule has 0 unspecified atom stereocenters. The summed E-state index contributed by atoms with van der Waals surface area (Å²) >= 11 is 0. The minimum Gasteiger partial charge on any atom is -0.457 e. The summed E-state index contributed by atoms with van der Waals surface area (Å²) in [5.41, 5.74) is 3.63. The fourth-order valence-corrected chi connectivity index (χ4v) is 3.54. The molecule has 0 aliphatic carbocycles. The van der Waals surface area contributed by atoms with Gasteiger partial charge in [0.25, 0.3) is 0 Å². The highest BCUT2D eigenvalue weighted by molar-refractivity contribution is 5.76. The van der Waals surface area contributed by atoms with Crippen molar-refractivity contribution in [3.8, 4) is 28.8 Å². The quantitative estimate of drug-likeness (QED) is 0.541. The average molecular weight is 412 g/mol. The van der Waals surface area contributed by atoms with Crippen LogP contribution in [0.4, 0.5) is 4.79 Å². The first-order chi connectivity index (χ1) is 15.2. The molecular formula is C25H24N4O2. The van der Waals surface area contributed by atoms with Gasteiger partial charge in [-0.1, -0.05) is 6.07 Å². The maximum atomic E-state index is 11.6. The van der Waals surface area contributed by atoms with Gasteiger partial charge in [0, 0.05) is 30.9 Å². The highest BCUT2D eigenvalue weighted by atomic mass is 16.5. The lowest BCUT2D eigenvalue weighted by Crippen LogP contribution is -2.29. The summed E-state index contributed by atoms with van der Waals surface area (Å²) in [4.78, 5) is 18.2. The maximum Gasteiger partial charge on any atom is 0.317 e. The Kier molecular flexibility index (Phi) is 6.44. The number of urea groups is 1. The van der Waals surface area contributed by atoms with Gasteiger partial charge in [-0.3, -0.25) is 4.98 Å². The minimum atomic E-state index is 0.0479. The maximum absolute atomic E-state index is 11.6. The Morgan fingerprint density at radius 1 is 1.00 bits per heavy atom. The number of rotatable bonds is 8. The Hall–Kier alpha value is -3.85. The number of carbonyl (C=O) groups is 1. The Morgan fingerprint density at radius 3 is 2.42 bits per heavy atom. The van der Waals surface area contributed by atoms with Crippen molar-refractivity contribution in [2.24, 2.45) is 0 Å². The molecule has 31 heavy (non-hydrogen) atoms. The molecule has 2 amide bonds. The van der Waals surface area contributed by atoms with Crippen molar-refractivity contribution in [3.63, 3.8) is 0 Å². The molecule has 1 aliphatic heterocycles. The van der Waals surface area contributed by atoms with Crippen LogP contribution in [0, 0.1) is 11.3 Å². The van der Waals surface area contributed by atoms with Crippen LogP contribution in [0.5, 0.6) is 11.5 Å². The molecule has 0 radical (unpaired) electrons. The SMILES string of the molecule is N#Cc1ccc(Oc2ccc(-c3cccc(CCCCN4CCNC4=O)n3)cc2)cc1. The molecule has 6 heteroatoms. The molecule has 1 aliphatic rings. The number of carbonyl (C=O) groups excluding carboxylic acids is 1. The molecule has 2 aromatic carbocycles. The van der Waals surface area contributed by atoms with E-state index >= 15 is 0 Å². The van der Waals surface area contributed by atoms with Crippen LogP contribution in [0.25, 0.3) is 11.3 Å². The molecule has 1 N–H and O–H groups in total. The second kappa shape index (κ2) is 9.77. The number of amides is 2. The lowest BCUT2D eigenvalue weighted by atomic mass is 10.1. The molecule has 3 aromatic rings. The number of ether oxygens (including phenoxy) is 1. The van der Waals surface area contributed by atoms with Crippen LogP contribution in [-0.4, -0.2) is 35.5 Å². The van der Waals surface area contributed by atoms with E-state index < -0.39 is 0 Å². The molecule has 0 saturated carbocycles. The van der Waals surface area contributed by atoms with Gasteiger partial charge in [-0.05, 0) is 79.9 Å². The van der Waals surface area contributed by atoms with Gasteiger partial charge in [0.05, 0.1) is 17.3 Å². The predicted octanol–water partition coefficient (Wildman–Crippen LogP) is 4.76. The summed E-state index contributed by atoms with van der Waals surface area (Å²) in [5.74, 6) is 1.42. The van der Waals surface area contributed by atoms with E-state index in [9.17, 15) is 4.79 Å². The number of nitrogens with one attached hydrogen (secondary N) is 1. The van der Waals surface area contributed by atoms with Gasteiger partial charge in [-0.2, -0.15) is 5.26 Å². The van der Waals surface area contributed by atoms with Crippen molar-refractivity contribution in [2.45, 2.75) is 19.3 Å². The van der Waals surface area contributed by atoms with Gasteiger partial charge in [0.2, 0.25) is 0 Å². The first-order valence-corrected chi connectivity index (χ1v) is 10.5. The van der Waals surface area contributed by atoms with Crippen molar-refractivity contribution >= 4 is 6.03 Å². The number of aryl methyl sites for hydroxylation is 1. The molecule has 0 atom stereocenters. The van der Waals surface area contributed by atoms with E-state index in [0.29, 0.717) is 11.3 Å². The van der Waals surface area contributed by atoms with Gasteiger partial charge >= 0.3 is 6.03 Å². The number of hydrogen-bond donors (Lipinski definition) is 1. The lowest BCUT2D eigenvalue weighted by molar-refractivity contribution is 0.216. The zero-order valence-electron chi connectivity index (χ0n) is 17.3. The zero-order chi connectivity index (χ0) is 21.5. The van der Waals surface area contributed by atoms with Crippen LogP contribution in [0.15, 0.2) is 66.7 Å². The number of benzene rings is 2. The van der Waals surface area contributed by atoms with Crippen molar-refractivity contribution in [1.29, 1.82) is 5.26 Å². The van der Waals surface area contributed by atoms with Crippen LogP contribution < -0.4 is 10.1 Å². The van der Waals surface area contributed by atoms with Crippen LogP contribution in [0.2, 0.25) is 0 Å². The fraction of sp³-hybridized carbons (Fsp3) is 0.240. The van der Waals surface area contributed by atoms with E-state index in [2.05, 4.69) is 17.5 Å². The van der Waals surface area contributed by atoms with Crippen molar-refractivity contribution < 1.29 is 9.53 Å². The third-order valence-corrected chi connectivity index (χ3v) is 5.23. The summed E-state index contributed by atoms with van der Waals surface area (Å²) in [7, 11) is 0. The van der Waals surface area contributed by atoms with E-state index in [0.717, 1.165) is 61.6 Å². The molecule has 156 valence electrons. The fourth-order valence-electron chi connectivity index (χ4n) is 3.54. The third-order valence-electron chi connectivity index (χ3n) is 5.23. The molecule has 4 rings (SSSR count). The number of pyridine rings is 1. The number of nitrogens with zero attached hydrogens (tertiary/aromatic N) is 3. The van der Waals surface area contributed by atoms with E-state index in [1.54, 1.807) is 24.3 Å². The summed E-state index contributed by atoms with van der Waals surface area (Å²) in [6, 6.07) is 23.1. The monoisotopic (exact) mass is 412 g/mol. The smallest absolute Gasteiger partial charge is 0.317 e. The summed E-state index contributed by atoms with van der Waals surface area (Å²) in [6.07, 6.45) is 2.86. The summed E-state index contributed by atoms with van der Waals surface area (Å²) < 4.78 is 5.85. The first kappa shape index (κ1) is 20.4. The minimum absolute atomic E-state index is 0.0479. The van der Waals surface area contributed by atoms with E-state index in [4.69, 9.17) is 15.0 Å². The van der Waals surface area contributed by atoms with Gasteiger partial charge in [0.1, 0.15) is 11.5 Å². The topological polar surface area (TPSA) is 78.2 Å². The average Bonchev–Trinajstić information content (AvgIpc) is 3.22.